The molecule has 0 radical (unpaired) electrons. The van der Waals surface area contributed by atoms with E-state index in [1.807, 2.05) is 0 Å². The van der Waals surface area contributed by atoms with E-state index in [0.717, 1.165) is 19.3 Å². The lowest BCUT2D eigenvalue weighted by atomic mass is 9.98. The Morgan fingerprint density at radius 2 is 1.21 bits per heavy atom. The van der Waals surface area contributed by atoms with Gasteiger partial charge in [0.2, 0.25) is 0 Å². The molecular formula is C30H58O12. The summed E-state index contributed by atoms with van der Waals surface area (Å²) in [6.45, 7) is 0.00920. The number of hydrogen-bond donors (Lipinski definition) is 8. The molecule has 1 rings (SSSR count). The average Bonchev–Trinajstić information content (AvgIpc) is 2.99. The highest BCUT2D eigenvalue weighted by Gasteiger charge is 2.46. The van der Waals surface area contributed by atoms with Crippen molar-refractivity contribution in [3.05, 3.63) is 0 Å². The van der Waals surface area contributed by atoms with E-state index >= 15 is 0 Å². The fourth-order valence-electron chi connectivity index (χ4n) is 5.05. The monoisotopic (exact) mass is 610 g/mol. The second kappa shape index (κ2) is 23.5. The van der Waals surface area contributed by atoms with E-state index in [4.69, 9.17) is 14.2 Å². The van der Waals surface area contributed by atoms with Crippen LogP contribution in [0.4, 0.5) is 0 Å². The van der Waals surface area contributed by atoms with Gasteiger partial charge in [-0.1, -0.05) is 96.8 Å². The van der Waals surface area contributed by atoms with Crippen molar-refractivity contribution in [1.29, 1.82) is 0 Å². The van der Waals surface area contributed by atoms with Crippen LogP contribution in [0.3, 0.4) is 0 Å². The minimum Gasteiger partial charge on any atom is -0.463 e. The Morgan fingerprint density at radius 1 is 0.714 bits per heavy atom. The lowest BCUT2D eigenvalue weighted by molar-refractivity contribution is -0.327. The maximum Gasteiger partial charge on any atom is 0.305 e. The molecule has 0 amide bonds. The van der Waals surface area contributed by atoms with E-state index < -0.39 is 80.9 Å². The summed E-state index contributed by atoms with van der Waals surface area (Å²) in [5, 5.41) is 79.6. The number of carbonyl (C=O) groups is 1. The maximum absolute atomic E-state index is 12.1. The van der Waals surface area contributed by atoms with Gasteiger partial charge in [0.15, 0.2) is 6.29 Å². The van der Waals surface area contributed by atoms with Crippen LogP contribution in [0.2, 0.25) is 0 Å². The second-order valence-electron chi connectivity index (χ2n) is 11.5. The molecule has 8 N–H and O–H groups in total. The van der Waals surface area contributed by atoms with E-state index in [9.17, 15) is 45.6 Å². The maximum atomic E-state index is 12.1. The third kappa shape index (κ3) is 15.2. The van der Waals surface area contributed by atoms with Gasteiger partial charge in [-0.15, -0.1) is 0 Å². The van der Waals surface area contributed by atoms with E-state index in [2.05, 4.69) is 6.92 Å². The van der Waals surface area contributed by atoms with Gasteiger partial charge in [-0.25, -0.2) is 0 Å². The van der Waals surface area contributed by atoms with Crippen molar-refractivity contribution in [3.8, 4) is 0 Å². The fourth-order valence-corrected chi connectivity index (χ4v) is 5.05. The van der Waals surface area contributed by atoms with E-state index in [-0.39, 0.29) is 6.42 Å². The van der Waals surface area contributed by atoms with Gasteiger partial charge in [0, 0.05) is 6.42 Å². The summed E-state index contributed by atoms with van der Waals surface area (Å²) in [6, 6.07) is 0. The number of unbranched alkanes of at least 4 members (excludes halogenated alkanes) is 14. The molecular weight excluding hydrogens is 552 g/mol. The van der Waals surface area contributed by atoms with Gasteiger partial charge in [0.25, 0.3) is 0 Å². The predicted octanol–water partition coefficient (Wildman–Crippen LogP) is 1.05. The molecule has 1 unspecified atom stereocenters. The van der Waals surface area contributed by atoms with Crippen LogP contribution < -0.4 is 0 Å². The molecule has 12 nitrogen and oxygen atoms in total. The molecule has 0 aromatic heterocycles. The van der Waals surface area contributed by atoms with Crippen molar-refractivity contribution in [2.24, 2.45) is 0 Å². The highest BCUT2D eigenvalue weighted by Crippen LogP contribution is 2.25. The zero-order valence-electron chi connectivity index (χ0n) is 25.3. The Labute approximate surface area is 250 Å². The number of ether oxygens (including phenoxy) is 3. The summed E-state index contributed by atoms with van der Waals surface area (Å²) < 4.78 is 15.6. The topological polar surface area (TPSA) is 207 Å². The molecule has 0 spiro atoms. The highest BCUT2D eigenvalue weighted by molar-refractivity contribution is 5.69. The first-order valence-corrected chi connectivity index (χ1v) is 15.9. The standard InChI is InChI=1S/C30H58O12/c1-2-3-4-5-6-7-8-9-10-11-12-13-14-15-16-17-24(35)40-20-22(34)25(36)29(21(33)18-31)42-30-28(39)27(38)26(37)23(19-32)41-30/h21-23,25-34,36-39H,2-20H2,1H3/t21-,22+,23-,25-,26+,27+,28-,29-,30?/m1/s1. The molecule has 0 bridgehead atoms. The largest absolute Gasteiger partial charge is 0.463 e. The normalized spacial score (nSPS) is 25.6. The number of esters is 1. The van der Waals surface area contributed by atoms with E-state index in [0.29, 0.717) is 6.42 Å². The molecule has 1 aliphatic heterocycles. The van der Waals surface area contributed by atoms with Crippen molar-refractivity contribution in [1.82, 2.24) is 0 Å². The minimum atomic E-state index is -1.89. The van der Waals surface area contributed by atoms with Gasteiger partial charge in [-0.2, -0.15) is 0 Å². The number of carbonyl (C=O) groups excluding carboxylic acids is 1. The van der Waals surface area contributed by atoms with Crippen LogP contribution in [0.25, 0.3) is 0 Å². The molecule has 9 atom stereocenters. The zero-order valence-corrected chi connectivity index (χ0v) is 25.3. The van der Waals surface area contributed by atoms with Gasteiger partial charge < -0.3 is 55.1 Å². The molecule has 250 valence electrons. The predicted molar refractivity (Wildman–Crippen MR) is 154 cm³/mol. The average molecular weight is 611 g/mol. The molecule has 0 aliphatic carbocycles. The number of aliphatic hydroxyl groups is 8. The van der Waals surface area contributed by atoms with E-state index in [1.165, 1.54) is 70.6 Å². The van der Waals surface area contributed by atoms with Crippen molar-refractivity contribution in [3.63, 3.8) is 0 Å². The summed E-state index contributed by atoms with van der Waals surface area (Å²) in [7, 11) is 0. The molecule has 0 aromatic rings. The van der Waals surface area contributed by atoms with Crippen molar-refractivity contribution >= 4 is 5.97 Å². The number of aliphatic hydroxyl groups excluding tert-OH is 8. The van der Waals surface area contributed by atoms with Crippen LogP contribution in [0.1, 0.15) is 110 Å². The quantitative estimate of drug-likeness (QED) is 0.0539. The molecule has 1 heterocycles. The summed E-state index contributed by atoms with van der Waals surface area (Å²) in [6.07, 6.45) is 2.89. The lowest BCUT2D eigenvalue weighted by Crippen LogP contribution is -2.61. The van der Waals surface area contributed by atoms with Gasteiger partial charge in [0.1, 0.15) is 55.4 Å². The van der Waals surface area contributed by atoms with Crippen molar-refractivity contribution in [2.75, 3.05) is 19.8 Å². The lowest BCUT2D eigenvalue weighted by Gasteiger charge is -2.42. The zero-order chi connectivity index (χ0) is 31.3. The first-order chi connectivity index (χ1) is 20.2. The van der Waals surface area contributed by atoms with Crippen molar-refractivity contribution in [2.45, 2.75) is 165 Å². The second-order valence-corrected chi connectivity index (χ2v) is 11.5. The summed E-state index contributed by atoms with van der Waals surface area (Å²) >= 11 is 0. The van der Waals surface area contributed by atoms with Crippen LogP contribution in [-0.2, 0) is 19.0 Å². The molecule has 1 saturated heterocycles. The first-order valence-electron chi connectivity index (χ1n) is 15.9. The number of rotatable bonds is 25. The Bertz CT molecular complexity index is 666. The summed E-state index contributed by atoms with van der Waals surface area (Å²) in [5.74, 6) is -0.551. The molecule has 42 heavy (non-hydrogen) atoms. The first kappa shape index (κ1) is 39.1. The summed E-state index contributed by atoms with van der Waals surface area (Å²) in [4.78, 5) is 12.1. The van der Waals surface area contributed by atoms with Crippen LogP contribution in [-0.4, -0.2) is 122 Å². The molecule has 0 saturated carbocycles. The highest BCUT2D eigenvalue weighted by atomic mass is 16.7. The SMILES string of the molecule is CCCCCCCCCCCCCCCCCC(=O)OC[C@H](O)[C@@H](O)[C@H](OC1O[C@H](CO)[C@H](O)[C@H](O)[C@H]1O)[C@H](O)CO. The Morgan fingerprint density at radius 3 is 1.69 bits per heavy atom. The van der Waals surface area contributed by atoms with Crippen LogP contribution in [0, 0.1) is 0 Å². The molecule has 0 aromatic carbocycles. The van der Waals surface area contributed by atoms with Gasteiger partial charge in [-0.3, -0.25) is 4.79 Å². The minimum absolute atomic E-state index is 0.158. The third-order valence-corrected chi connectivity index (χ3v) is 7.84. The molecule has 12 heteroatoms. The molecule has 1 fully saturated rings. The summed E-state index contributed by atoms with van der Waals surface area (Å²) in [5.41, 5.74) is 0. The van der Waals surface area contributed by atoms with Gasteiger partial charge >= 0.3 is 5.97 Å². The van der Waals surface area contributed by atoms with E-state index in [1.54, 1.807) is 0 Å². The Hall–Kier alpha value is -0.930. The Kier molecular flexibility index (Phi) is 21.8. The smallest absolute Gasteiger partial charge is 0.305 e. The van der Waals surface area contributed by atoms with Gasteiger partial charge in [0.05, 0.1) is 13.2 Å². The number of hydrogen-bond acceptors (Lipinski definition) is 12. The van der Waals surface area contributed by atoms with Crippen LogP contribution in [0.5, 0.6) is 0 Å². The fraction of sp³-hybridized carbons (Fsp3) is 0.967. The van der Waals surface area contributed by atoms with Gasteiger partial charge in [-0.05, 0) is 6.42 Å². The molecule has 1 aliphatic rings. The van der Waals surface area contributed by atoms with Crippen LogP contribution >= 0.6 is 0 Å². The Balaban J connectivity index is 2.24. The van der Waals surface area contributed by atoms with Crippen molar-refractivity contribution < 1.29 is 59.9 Å². The third-order valence-electron chi connectivity index (χ3n) is 7.84. The van der Waals surface area contributed by atoms with Crippen LogP contribution in [0.15, 0.2) is 0 Å².